The zero-order valence-corrected chi connectivity index (χ0v) is 22.1. The zero-order valence-electron chi connectivity index (χ0n) is 22.1. The molecule has 0 nitrogen and oxygen atoms in total. The van der Waals surface area contributed by atoms with Gasteiger partial charge in [-0.3, -0.25) is 0 Å². The second-order valence-electron chi connectivity index (χ2n) is 9.45. The van der Waals surface area contributed by atoms with Crippen LogP contribution in [0.15, 0.2) is 0 Å². The van der Waals surface area contributed by atoms with Crippen LogP contribution in [0.25, 0.3) is 0 Å². The van der Waals surface area contributed by atoms with E-state index in [1.807, 2.05) is 0 Å². The molecule has 1 radical (unpaired) electrons. The minimum atomic E-state index is -10.2. The molecule has 0 fully saturated rings. The van der Waals surface area contributed by atoms with Crippen molar-refractivity contribution in [3.8, 4) is 0 Å². The van der Waals surface area contributed by atoms with Gasteiger partial charge in [-0.25, -0.2) is 0 Å². The van der Waals surface area contributed by atoms with E-state index in [1.54, 1.807) is 0 Å². The van der Waals surface area contributed by atoms with E-state index in [-0.39, 0.29) is 0 Å². The Morgan fingerprint density at radius 2 is 0.314 bits per heavy atom. The second-order valence-corrected chi connectivity index (χ2v) is 9.45. The topological polar surface area (TPSA) is 0 Å². The minimum absolute atomic E-state index is 0.552. The van der Waals surface area contributed by atoms with E-state index in [9.17, 15) is 145 Å². The maximum atomic E-state index is 13.8. The average Bonchev–Trinajstić information content (AvgIpc) is 2.90. The van der Waals surface area contributed by atoms with Crippen molar-refractivity contribution in [3.63, 3.8) is 0 Å². The lowest BCUT2D eigenvalue weighted by Crippen LogP contribution is -2.80. The van der Waals surface area contributed by atoms with Crippen LogP contribution >= 0.6 is 0 Å². The third-order valence-electron chi connectivity index (χ3n) is 6.26. The molecule has 0 heterocycles. The standard InChI is InChI=1S/C18H4F33/c1-2-3(19,20)4(21,22)5(23,24)6(25,26)7(27,28)8(29,30)9(31,32)10(33,34)11(35,36)12(37,38)13(39,40)14(41,42)15(43,44)16(45,46)17(47,48)18(49,50)51/h2H,1H3. The fourth-order valence-corrected chi connectivity index (χ4v) is 2.93. The van der Waals surface area contributed by atoms with Gasteiger partial charge in [0.05, 0.1) is 0 Å². The minimum Gasteiger partial charge on any atom is -0.199 e. The Hall–Kier alpha value is -2.31. The summed E-state index contributed by atoms with van der Waals surface area (Å²) in [7, 11) is 0. The molecule has 0 aromatic heterocycles. The molecule has 0 bridgehead atoms. The highest BCUT2D eigenvalue weighted by Gasteiger charge is 3.01. The summed E-state index contributed by atoms with van der Waals surface area (Å²) in [6.45, 7) is -0.552. The van der Waals surface area contributed by atoms with Gasteiger partial charge in [0.1, 0.15) is 0 Å². The van der Waals surface area contributed by atoms with Crippen molar-refractivity contribution in [2.75, 3.05) is 0 Å². The van der Waals surface area contributed by atoms with E-state index in [4.69, 9.17) is 0 Å². The Balaban J connectivity index is 7.72. The quantitative estimate of drug-likeness (QED) is 0.144. The van der Waals surface area contributed by atoms with Crippen LogP contribution in [0, 0.1) is 6.42 Å². The van der Waals surface area contributed by atoms with Gasteiger partial charge in [0.15, 0.2) is 0 Å². The molecule has 0 aliphatic rings. The molecule has 0 aromatic rings. The summed E-state index contributed by atoms with van der Waals surface area (Å²) in [6.07, 6.45) is -10.0. The molecule has 0 aromatic carbocycles. The lowest BCUT2D eigenvalue weighted by molar-refractivity contribution is -0.490. The molecule has 0 spiro atoms. The summed E-state index contributed by atoms with van der Waals surface area (Å²) >= 11 is 0. The molecule has 0 amide bonds. The first-order valence-electron chi connectivity index (χ1n) is 10.9. The van der Waals surface area contributed by atoms with Gasteiger partial charge in [0.2, 0.25) is 0 Å². The van der Waals surface area contributed by atoms with Crippen LogP contribution in [-0.4, -0.2) is 95.0 Å². The highest BCUT2D eigenvalue weighted by Crippen LogP contribution is 2.69. The Morgan fingerprint density at radius 3 is 0.431 bits per heavy atom. The Kier molecular flexibility index (Phi) is 11.1. The highest BCUT2D eigenvalue weighted by molar-refractivity contribution is 5.22. The average molecular weight is 847 g/mol. The van der Waals surface area contributed by atoms with Gasteiger partial charge in [-0.15, -0.1) is 0 Å². The molecule has 0 unspecified atom stereocenters. The summed E-state index contributed by atoms with van der Waals surface area (Å²) in [6, 6.07) is 0. The fraction of sp³-hybridized carbons (Fsp3) is 0.944. The molecule has 0 N–H and O–H groups in total. The molecule has 0 aliphatic carbocycles. The van der Waals surface area contributed by atoms with Gasteiger partial charge in [0, 0.05) is 6.42 Å². The summed E-state index contributed by atoms with van der Waals surface area (Å²) in [5.74, 6) is -142. The van der Waals surface area contributed by atoms with E-state index in [1.165, 1.54) is 0 Å². The Morgan fingerprint density at radius 1 is 0.196 bits per heavy atom. The summed E-state index contributed by atoms with van der Waals surface area (Å²) in [5, 5.41) is 0. The first kappa shape index (κ1) is 48.7. The van der Waals surface area contributed by atoms with Gasteiger partial charge >= 0.3 is 95.0 Å². The smallest absolute Gasteiger partial charge is 0.199 e. The molecule has 0 saturated carbocycles. The third kappa shape index (κ3) is 5.41. The van der Waals surface area contributed by atoms with E-state index in [0.29, 0.717) is 0 Å². The Bertz CT molecular complexity index is 1260. The molecule has 33 heteroatoms. The molecule has 0 rings (SSSR count). The van der Waals surface area contributed by atoms with E-state index >= 15 is 0 Å². The van der Waals surface area contributed by atoms with Crippen LogP contribution in [0.5, 0.6) is 0 Å². The van der Waals surface area contributed by atoms with Gasteiger partial charge < -0.3 is 0 Å². The molecular weight excluding hydrogens is 843 g/mol. The molecule has 51 heavy (non-hydrogen) atoms. The second kappa shape index (κ2) is 11.6. The monoisotopic (exact) mass is 847 g/mol. The Labute approximate surface area is 254 Å². The van der Waals surface area contributed by atoms with Crippen molar-refractivity contribution in [1.29, 1.82) is 0 Å². The summed E-state index contributed by atoms with van der Waals surface area (Å²) in [5.41, 5.74) is 0. The zero-order chi connectivity index (χ0) is 42.7. The van der Waals surface area contributed by atoms with Gasteiger partial charge in [-0.05, 0) is 0 Å². The van der Waals surface area contributed by atoms with E-state index in [0.717, 1.165) is 0 Å². The summed E-state index contributed by atoms with van der Waals surface area (Å²) in [4.78, 5) is 0. The predicted molar refractivity (Wildman–Crippen MR) is 90.2 cm³/mol. The van der Waals surface area contributed by atoms with Crippen molar-refractivity contribution < 1.29 is 145 Å². The number of halogens is 33. The molecule has 0 aliphatic heterocycles. The lowest BCUT2D eigenvalue weighted by Gasteiger charge is -2.46. The highest BCUT2D eigenvalue weighted by atomic mass is 19.4. The van der Waals surface area contributed by atoms with Gasteiger partial charge in [0.25, 0.3) is 0 Å². The molecule has 0 saturated heterocycles. The van der Waals surface area contributed by atoms with Gasteiger partial charge in [-0.2, -0.15) is 145 Å². The van der Waals surface area contributed by atoms with Crippen molar-refractivity contribution in [2.24, 2.45) is 0 Å². The van der Waals surface area contributed by atoms with Gasteiger partial charge in [-0.1, -0.05) is 6.92 Å². The maximum absolute atomic E-state index is 13.8. The first-order valence-corrected chi connectivity index (χ1v) is 10.9. The SMILES string of the molecule is C[CH]C(F)(F)C(F)(F)C(F)(F)C(F)(F)C(F)(F)C(F)(F)C(F)(F)C(F)(F)C(F)(F)C(F)(F)C(F)(F)C(F)(F)C(F)(F)C(F)(F)C(F)(F)C(F)(F)F. The molecular formula is C18H4F33. The lowest BCUT2D eigenvalue weighted by atomic mass is 9.82. The van der Waals surface area contributed by atoms with Crippen molar-refractivity contribution >= 4 is 0 Å². The normalized spacial score (nSPS) is 17.3. The fourth-order valence-electron chi connectivity index (χ4n) is 2.93. The van der Waals surface area contributed by atoms with Crippen LogP contribution in [-0.2, 0) is 0 Å². The summed E-state index contributed by atoms with van der Waals surface area (Å²) < 4.78 is 441. The molecule has 0 atom stereocenters. The largest absolute Gasteiger partial charge is 0.460 e. The number of rotatable bonds is 15. The van der Waals surface area contributed by atoms with Crippen molar-refractivity contribution in [3.05, 3.63) is 6.42 Å². The van der Waals surface area contributed by atoms with Crippen LogP contribution in [0.2, 0.25) is 0 Å². The van der Waals surface area contributed by atoms with Crippen LogP contribution < -0.4 is 0 Å². The number of hydrogen-bond donors (Lipinski definition) is 0. The predicted octanol–water partition coefficient (Wildman–Crippen LogP) is 11.3. The van der Waals surface area contributed by atoms with Crippen LogP contribution in [0.3, 0.4) is 0 Å². The number of alkyl halides is 33. The van der Waals surface area contributed by atoms with E-state index < -0.39 is 108 Å². The van der Waals surface area contributed by atoms with E-state index in [2.05, 4.69) is 0 Å². The number of hydrogen-bond acceptors (Lipinski definition) is 0. The third-order valence-corrected chi connectivity index (χ3v) is 6.26. The molecule has 307 valence electrons. The van der Waals surface area contributed by atoms with Crippen molar-refractivity contribution in [2.45, 2.75) is 102 Å². The van der Waals surface area contributed by atoms with Crippen molar-refractivity contribution in [1.82, 2.24) is 0 Å². The van der Waals surface area contributed by atoms with Crippen LogP contribution in [0.4, 0.5) is 145 Å². The first-order chi connectivity index (χ1) is 21.3. The maximum Gasteiger partial charge on any atom is 0.460 e. The van der Waals surface area contributed by atoms with Crippen LogP contribution in [0.1, 0.15) is 6.92 Å².